The van der Waals surface area contributed by atoms with E-state index in [1.807, 2.05) is 7.05 Å². The summed E-state index contributed by atoms with van der Waals surface area (Å²) in [4.78, 5) is 0. The minimum atomic E-state index is -0.245. The van der Waals surface area contributed by atoms with Crippen molar-refractivity contribution in [3.05, 3.63) is 11.9 Å². The van der Waals surface area contributed by atoms with Gasteiger partial charge in [-0.05, 0) is 19.8 Å². The molecule has 0 amide bonds. The molecule has 0 saturated carbocycles. The highest BCUT2D eigenvalue weighted by Crippen LogP contribution is 2.01. The van der Waals surface area contributed by atoms with Crippen LogP contribution in [0.1, 0.15) is 19.0 Å². The fourth-order valence-electron chi connectivity index (χ4n) is 0.894. The molecule has 0 aliphatic carbocycles. The summed E-state index contributed by atoms with van der Waals surface area (Å²) in [5.41, 5.74) is 1.06. The predicted molar refractivity (Wildman–Crippen MR) is 41.0 cm³/mol. The van der Waals surface area contributed by atoms with Crippen molar-refractivity contribution in [1.82, 2.24) is 15.0 Å². The third-order valence-corrected chi connectivity index (χ3v) is 1.63. The topological polar surface area (TPSA) is 50.9 Å². The molecule has 0 aliphatic heterocycles. The van der Waals surface area contributed by atoms with Crippen LogP contribution in [0.25, 0.3) is 0 Å². The number of nitrogens with zero attached hydrogens (tertiary/aromatic N) is 3. The highest BCUT2D eigenvalue weighted by atomic mass is 16.3. The minimum absolute atomic E-state index is 0.245. The molecule has 1 aromatic rings. The number of aromatic nitrogens is 3. The maximum Gasteiger partial charge on any atom is 0.0725 e. The zero-order valence-corrected chi connectivity index (χ0v) is 6.86. The van der Waals surface area contributed by atoms with Crippen molar-refractivity contribution in [1.29, 1.82) is 0 Å². The highest BCUT2D eigenvalue weighted by Gasteiger charge is 2.01. The van der Waals surface area contributed by atoms with Crippen molar-refractivity contribution in [3.8, 4) is 0 Å². The predicted octanol–water partition coefficient (Wildman–Crippen LogP) is 0.128. The first-order chi connectivity index (χ1) is 5.20. The molecule has 4 heteroatoms. The van der Waals surface area contributed by atoms with E-state index in [9.17, 15) is 0 Å². The standard InChI is InChI=1S/C7H13N3O/c1-6(11)3-4-7-5-8-9-10(7)2/h5-6,11H,3-4H2,1-2H3. The summed E-state index contributed by atoms with van der Waals surface area (Å²) in [6.45, 7) is 1.78. The van der Waals surface area contributed by atoms with Crippen molar-refractivity contribution >= 4 is 0 Å². The first-order valence-corrected chi connectivity index (χ1v) is 3.72. The zero-order valence-electron chi connectivity index (χ0n) is 6.86. The van der Waals surface area contributed by atoms with Crippen LogP contribution < -0.4 is 0 Å². The zero-order chi connectivity index (χ0) is 8.27. The van der Waals surface area contributed by atoms with Crippen LogP contribution in [0.5, 0.6) is 0 Å². The van der Waals surface area contributed by atoms with Crippen LogP contribution in [0.3, 0.4) is 0 Å². The van der Waals surface area contributed by atoms with Gasteiger partial charge in [-0.2, -0.15) is 0 Å². The summed E-state index contributed by atoms with van der Waals surface area (Å²) in [6.07, 6.45) is 3.08. The second-order valence-electron chi connectivity index (χ2n) is 2.74. The van der Waals surface area contributed by atoms with Gasteiger partial charge >= 0.3 is 0 Å². The van der Waals surface area contributed by atoms with Gasteiger partial charge in [-0.25, -0.2) is 0 Å². The summed E-state index contributed by atoms with van der Waals surface area (Å²) in [5.74, 6) is 0. The molecule has 1 rings (SSSR count). The quantitative estimate of drug-likeness (QED) is 0.675. The third-order valence-electron chi connectivity index (χ3n) is 1.63. The van der Waals surface area contributed by atoms with Gasteiger partial charge in [-0.1, -0.05) is 5.21 Å². The van der Waals surface area contributed by atoms with E-state index in [-0.39, 0.29) is 6.10 Å². The van der Waals surface area contributed by atoms with E-state index in [0.717, 1.165) is 18.5 Å². The molecule has 0 aromatic carbocycles. The Bertz CT molecular complexity index is 219. The molecule has 0 saturated heterocycles. The Balaban J connectivity index is 2.44. The van der Waals surface area contributed by atoms with E-state index >= 15 is 0 Å². The summed E-state index contributed by atoms with van der Waals surface area (Å²) in [5, 5.41) is 16.5. The first-order valence-electron chi connectivity index (χ1n) is 3.72. The summed E-state index contributed by atoms with van der Waals surface area (Å²) < 4.78 is 1.72. The van der Waals surface area contributed by atoms with Crippen LogP contribution in [-0.2, 0) is 13.5 Å². The Labute approximate surface area is 65.8 Å². The lowest BCUT2D eigenvalue weighted by molar-refractivity contribution is 0.184. The van der Waals surface area contributed by atoms with Crippen LogP contribution in [0.15, 0.2) is 6.20 Å². The van der Waals surface area contributed by atoms with Crippen LogP contribution in [0, 0.1) is 0 Å². The molecule has 1 aromatic heterocycles. The minimum Gasteiger partial charge on any atom is -0.393 e. The second-order valence-corrected chi connectivity index (χ2v) is 2.74. The number of rotatable bonds is 3. The van der Waals surface area contributed by atoms with Crippen molar-refractivity contribution in [2.45, 2.75) is 25.9 Å². The number of hydrogen-bond donors (Lipinski definition) is 1. The van der Waals surface area contributed by atoms with Gasteiger partial charge < -0.3 is 5.11 Å². The first kappa shape index (κ1) is 8.20. The fourth-order valence-corrected chi connectivity index (χ4v) is 0.894. The second kappa shape index (κ2) is 3.48. The number of aliphatic hydroxyl groups is 1. The summed E-state index contributed by atoms with van der Waals surface area (Å²) >= 11 is 0. The average Bonchev–Trinajstić information content (AvgIpc) is 2.31. The van der Waals surface area contributed by atoms with Crippen molar-refractivity contribution < 1.29 is 5.11 Å². The lowest BCUT2D eigenvalue weighted by Crippen LogP contribution is -2.04. The number of hydrogen-bond acceptors (Lipinski definition) is 3. The van der Waals surface area contributed by atoms with Crippen molar-refractivity contribution in [2.24, 2.45) is 7.05 Å². The Morgan fingerprint density at radius 3 is 2.91 bits per heavy atom. The molecular weight excluding hydrogens is 142 g/mol. The molecule has 0 aliphatic rings. The Kier molecular flexibility index (Phi) is 2.59. The average molecular weight is 155 g/mol. The Morgan fingerprint density at radius 2 is 2.45 bits per heavy atom. The van der Waals surface area contributed by atoms with Gasteiger partial charge in [0.2, 0.25) is 0 Å². The van der Waals surface area contributed by atoms with Crippen LogP contribution >= 0.6 is 0 Å². The molecule has 62 valence electrons. The smallest absolute Gasteiger partial charge is 0.0725 e. The largest absolute Gasteiger partial charge is 0.393 e. The van der Waals surface area contributed by atoms with E-state index in [2.05, 4.69) is 10.3 Å². The van der Waals surface area contributed by atoms with Gasteiger partial charge in [0.1, 0.15) is 0 Å². The molecule has 0 spiro atoms. The van der Waals surface area contributed by atoms with E-state index < -0.39 is 0 Å². The molecule has 1 heterocycles. The van der Waals surface area contributed by atoms with E-state index in [1.54, 1.807) is 17.8 Å². The normalized spacial score (nSPS) is 13.4. The van der Waals surface area contributed by atoms with Gasteiger partial charge in [-0.3, -0.25) is 4.68 Å². The molecule has 1 N–H and O–H groups in total. The molecule has 4 nitrogen and oxygen atoms in total. The van der Waals surface area contributed by atoms with Crippen molar-refractivity contribution in [3.63, 3.8) is 0 Å². The maximum absolute atomic E-state index is 8.99. The van der Waals surface area contributed by atoms with Crippen molar-refractivity contribution in [2.75, 3.05) is 0 Å². The summed E-state index contributed by atoms with van der Waals surface area (Å²) in [7, 11) is 1.85. The fraction of sp³-hybridized carbons (Fsp3) is 0.714. The van der Waals surface area contributed by atoms with Gasteiger partial charge in [0.15, 0.2) is 0 Å². The molecule has 0 bridgehead atoms. The summed E-state index contributed by atoms with van der Waals surface area (Å²) in [6, 6.07) is 0. The lowest BCUT2D eigenvalue weighted by Gasteiger charge is -2.02. The molecule has 1 unspecified atom stereocenters. The number of aryl methyl sites for hydroxylation is 2. The lowest BCUT2D eigenvalue weighted by atomic mass is 10.2. The van der Waals surface area contributed by atoms with E-state index in [0.29, 0.717) is 0 Å². The van der Waals surface area contributed by atoms with Gasteiger partial charge in [0.25, 0.3) is 0 Å². The maximum atomic E-state index is 8.99. The van der Waals surface area contributed by atoms with Crippen LogP contribution in [0.2, 0.25) is 0 Å². The van der Waals surface area contributed by atoms with Crippen LogP contribution in [0.4, 0.5) is 0 Å². The molecule has 11 heavy (non-hydrogen) atoms. The molecule has 0 fully saturated rings. The third kappa shape index (κ3) is 2.31. The monoisotopic (exact) mass is 155 g/mol. The van der Waals surface area contributed by atoms with Gasteiger partial charge in [-0.15, -0.1) is 5.10 Å². The number of aliphatic hydroxyl groups excluding tert-OH is 1. The molecular formula is C7H13N3O. The Morgan fingerprint density at radius 1 is 1.73 bits per heavy atom. The van der Waals surface area contributed by atoms with E-state index in [1.165, 1.54) is 0 Å². The molecule has 0 radical (unpaired) electrons. The highest BCUT2D eigenvalue weighted by molar-refractivity contribution is 4.93. The van der Waals surface area contributed by atoms with Crippen LogP contribution in [-0.4, -0.2) is 26.2 Å². The SMILES string of the molecule is CC(O)CCc1cnnn1C. The van der Waals surface area contributed by atoms with Gasteiger partial charge in [0.05, 0.1) is 18.0 Å². The Hall–Kier alpha value is -0.900. The van der Waals surface area contributed by atoms with E-state index in [4.69, 9.17) is 5.11 Å². The van der Waals surface area contributed by atoms with Gasteiger partial charge in [0, 0.05) is 7.05 Å². The molecule has 1 atom stereocenters.